The number of amides is 7. The maximum Gasteiger partial charge on any atom is 0.312 e. The lowest BCUT2D eigenvalue weighted by molar-refractivity contribution is -0.140. The second-order valence-electron chi connectivity index (χ2n) is 17.6. The summed E-state index contributed by atoms with van der Waals surface area (Å²) in [6.45, 7) is 10.1. The zero-order valence-electron chi connectivity index (χ0n) is 38.0. The van der Waals surface area contributed by atoms with E-state index in [4.69, 9.17) is 16.5 Å². The number of rotatable bonds is 20. The van der Waals surface area contributed by atoms with Gasteiger partial charge >= 0.3 is 6.03 Å². The molecule has 17 nitrogen and oxygen atoms in total. The molecule has 4 aromatic rings. The number of carbonyl (C=O) groups excluding carboxylic acids is 6. The Bertz CT molecular complexity index is 2370. The molecule has 1 aliphatic rings. The lowest BCUT2D eigenvalue weighted by atomic mass is 9.84. The molecule has 1 unspecified atom stereocenters. The van der Waals surface area contributed by atoms with E-state index in [1.54, 1.807) is 39.9 Å². The fourth-order valence-corrected chi connectivity index (χ4v) is 7.81. The van der Waals surface area contributed by atoms with Crippen molar-refractivity contribution in [1.82, 2.24) is 30.4 Å². The Kier molecular flexibility index (Phi) is 16.7. The number of hydrogen-bond acceptors (Lipinski definition) is 9. The van der Waals surface area contributed by atoms with Crippen molar-refractivity contribution < 1.29 is 42.7 Å². The number of imidazole rings is 1. The second-order valence-corrected chi connectivity index (χ2v) is 17.6. The molecule has 5 rings (SSSR count). The minimum atomic E-state index is -1.27. The van der Waals surface area contributed by atoms with Gasteiger partial charge in [-0.3, -0.25) is 24.0 Å². The highest BCUT2D eigenvalue weighted by molar-refractivity contribution is 6.03. The first-order chi connectivity index (χ1) is 31.2. The predicted molar refractivity (Wildman–Crippen MR) is 244 cm³/mol. The minimum Gasteiger partial charge on any atom is -0.387 e. The van der Waals surface area contributed by atoms with Crippen molar-refractivity contribution in [1.29, 1.82) is 0 Å². The number of anilines is 2. The monoisotopic (exact) mass is 914 g/mol. The SMILES string of the molecule is CC1[C@H](C)C(=O)N1c1ccc(NC(=O)[C@H](CCCNC(N)=O)NC(=O)[C@H](C)NC(=O)[C@@H](N)CCN(C(=O)CO)[C@@H](c2nc(-c3cc(F)ccc3F)cn2Cc2ccccc2)C(C)(C)C)cc1. The quantitative estimate of drug-likeness (QED) is 0.0501. The zero-order chi connectivity index (χ0) is 48.5. The van der Waals surface area contributed by atoms with Crippen molar-refractivity contribution in [3.05, 3.63) is 102 Å². The molecule has 19 heteroatoms. The fraction of sp³-hybridized carbons (Fsp3) is 0.426. The topological polar surface area (TPSA) is 247 Å². The summed E-state index contributed by atoms with van der Waals surface area (Å²) in [6, 6.07) is 13.9. The average Bonchev–Trinajstić information content (AvgIpc) is 3.68. The Morgan fingerprint density at radius 1 is 0.924 bits per heavy atom. The van der Waals surface area contributed by atoms with Crippen LogP contribution < -0.4 is 37.6 Å². The first-order valence-electron chi connectivity index (χ1n) is 21.8. The van der Waals surface area contributed by atoms with Gasteiger partial charge in [-0.05, 0) is 86.6 Å². The molecule has 2 heterocycles. The molecule has 0 spiro atoms. The largest absolute Gasteiger partial charge is 0.387 e. The molecular weight excluding hydrogens is 855 g/mol. The summed E-state index contributed by atoms with van der Waals surface area (Å²) in [7, 11) is 0. The average molecular weight is 915 g/mol. The number of β-lactam (4-membered cyclic amide) rings is 1. The van der Waals surface area contributed by atoms with E-state index in [2.05, 4.69) is 21.3 Å². The second kappa shape index (κ2) is 22.0. The molecule has 1 fully saturated rings. The third kappa shape index (κ3) is 12.5. The first-order valence-corrected chi connectivity index (χ1v) is 21.8. The Morgan fingerprint density at radius 3 is 2.23 bits per heavy atom. The molecule has 3 aromatic carbocycles. The van der Waals surface area contributed by atoms with Crippen LogP contribution in [0.4, 0.5) is 25.0 Å². The number of benzene rings is 3. The smallest absolute Gasteiger partial charge is 0.312 e. The number of hydrogen-bond donors (Lipinski definition) is 7. The summed E-state index contributed by atoms with van der Waals surface area (Å²) in [6.07, 6.45) is 1.78. The molecule has 354 valence electrons. The van der Waals surface area contributed by atoms with Crippen molar-refractivity contribution in [3.8, 4) is 11.3 Å². The van der Waals surface area contributed by atoms with Gasteiger partial charge in [-0.15, -0.1) is 0 Å². The summed E-state index contributed by atoms with van der Waals surface area (Å²) in [5.74, 6) is -3.89. The molecule has 9 N–H and O–H groups in total. The van der Waals surface area contributed by atoms with E-state index < -0.39 is 77.5 Å². The highest BCUT2D eigenvalue weighted by Gasteiger charge is 2.42. The molecule has 7 amide bonds. The van der Waals surface area contributed by atoms with Crippen LogP contribution in [0.3, 0.4) is 0 Å². The minimum absolute atomic E-state index is 0.00146. The van der Waals surface area contributed by atoms with Gasteiger partial charge < -0.3 is 52.2 Å². The number of aromatic nitrogens is 2. The van der Waals surface area contributed by atoms with Crippen molar-refractivity contribution in [3.63, 3.8) is 0 Å². The van der Waals surface area contributed by atoms with Crippen LogP contribution in [-0.4, -0.2) is 99.0 Å². The molecule has 0 saturated carbocycles. The number of halogens is 2. The van der Waals surface area contributed by atoms with Gasteiger partial charge in [-0.2, -0.15) is 0 Å². The Balaban J connectivity index is 1.29. The van der Waals surface area contributed by atoms with Crippen molar-refractivity contribution >= 4 is 46.9 Å². The molecule has 0 radical (unpaired) electrons. The van der Waals surface area contributed by atoms with Crippen LogP contribution in [0.1, 0.15) is 78.2 Å². The lowest BCUT2D eigenvalue weighted by Gasteiger charge is -2.43. The normalized spacial score (nSPS) is 16.6. The molecule has 1 aliphatic heterocycles. The number of nitrogens with two attached hydrogens (primary N) is 2. The Hall–Kier alpha value is -6.73. The molecule has 0 bridgehead atoms. The molecule has 66 heavy (non-hydrogen) atoms. The predicted octanol–water partition coefficient (Wildman–Crippen LogP) is 3.95. The maximum atomic E-state index is 15.1. The molecule has 6 atom stereocenters. The number of nitrogens with one attached hydrogen (secondary N) is 4. The van der Waals surface area contributed by atoms with Gasteiger partial charge in [0, 0.05) is 48.8 Å². The molecular formula is C47H60F2N10O7. The first kappa shape index (κ1) is 50.3. The number of aliphatic hydroxyl groups is 1. The summed E-state index contributed by atoms with van der Waals surface area (Å²) in [5, 5.41) is 20.6. The fourth-order valence-electron chi connectivity index (χ4n) is 7.81. The summed E-state index contributed by atoms with van der Waals surface area (Å²) in [4.78, 5) is 85.6. The Labute approximate surface area is 382 Å². The van der Waals surface area contributed by atoms with Crippen molar-refractivity contribution in [2.24, 2.45) is 22.8 Å². The van der Waals surface area contributed by atoms with Gasteiger partial charge in [0.1, 0.15) is 36.1 Å². The van der Waals surface area contributed by atoms with Crippen LogP contribution in [0, 0.1) is 23.0 Å². The molecule has 1 saturated heterocycles. The molecule has 0 aliphatic carbocycles. The van der Waals surface area contributed by atoms with E-state index in [0.717, 1.165) is 23.8 Å². The van der Waals surface area contributed by atoms with Gasteiger partial charge in [0.25, 0.3) is 0 Å². The van der Waals surface area contributed by atoms with E-state index in [1.807, 2.05) is 65.0 Å². The standard InChI is InChI=1S/C47H60F2N10O7/c1-27-29(3)59(45(27)65)33-17-15-32(16-18-33)54-44(64)37(13-10-21-52-46(51)66)56-42(62)28(2)53-43(63)36(50)20-22-58(39(61)26-60)40(47(4,5)6)41-55-38(34-23-31(48)14-19-35(34)49)25-57(41)24-30-11-8-7-9-12-30/h7-9,11-12,14-19,23,25,27-29,36-37,40,60H,10,13,20-22,24,26,50H2,1-6H3,(H,53,63)(H,54,64)(H,56,62)(H3,51,52,66)/t27-,28-,29?,36-,37-,40-/m0/s1. The van der Waals surface area contributed by atoms with Gasteiger partial charge in [-0.25, -0.2) is 18.6 Å². The number of nitrogens with zero attached hydrogens (tertiary/aromatic N) is 4. The lowest BCUT2D eigenvalue weighted by Crippen LogP contribution is -2.58. The van der Waals surface area contributed by atoms with E-state index in [-0.39, 0.29) is 68.0 Å². The third-order valence-electron chi connectivity index (χ3n) is 11.6. The zero-order valence-corrected chi connectivity index (χ0v) is 38.0. The Morgan fingerprint density at radius 2 is 1.61 bits per heavy atom. The van der Waals surface area contributed by atoms with E-state index >= 15 is 4.39 Å². The van der Waals surface area contributed by atoms with Crippen LogP contribution in [0.5, 0.6) is 0 Å². The van der Waals surface area contributed by atoms with Crippen LogP contribution in [0.15, 0.2) is 79.0 Å². The van der Waals surface area contributed by atoms with Crippen LogP contribution >= 0.6 is 0 Å². The highest BCUT2D eigenvalue weighted by Crippen LogP contribution is 2.40. The third-order valence-corrected chi connectivity index (χ3v) is 11.6. The van der Waals surface area contributed by atoms with Crippen LogP contribution in [-0.2, 0) is 30.5 Å². The summed E-state index contributed by atoms with van der Waals surface area (Å²) in [5.41, 5.74) is 12.8. The van der Waals surface area contributed by atoms with Crippen molar-refractivity contribution in [2.75, 3.05) is 29.9 Å². The van der Waals surface area contributed by atoms with E-state index in [1.165, 1.54) is 11.8 Å². The number of primary amides is 1. The summed E-state index contributed by atoms with van der Waals surface area (Å²) < 4.78 is 31.3. The van der Waals surface area contributed by atoms with E-state index in [9.17, 15) is 38.3 Å². The van der Waals surface area contributed by atoms with Crippen LogP contribution in [0.25, 0.3) is 11.3 Å². The number of urea groups is 1. The number of aliphatic hydroxyl groups excluding tert-OH is 1. The number of carbonyl (C=O) groups is 6. The van der Waals surface area contributed by atoms with Gasteiger partial charge in [0.05, 0.1) is 23.7 Å². The highest BCUT2D eigenvalue weighted by atomic mass is 19.1. The van der Waals surface area contributed by atoms with Crippen molar-refractivity contribution in [2.45, 2.75) is 97.6 Å². The van der Waals surface area contributed by atoms with E-state index in [0.29, 0.717) is 17.2 Å². The van der Waals surface area contributed by atoms with Gasteiger partial charge in [0.15, 0.2) is 0 Å². The summed E-state index contributed by atoms with van der Waals surface area (Å²) >= 11 is 0. The molecule has 1 aromatic heterocycles. The maximum absolute atomic E-state index is 15.1. The van der Waals surface area contributed by atoms with Crippen LogP contribution in [0.2, 0.25) is 0 Å². The van der Waals surface area contributed by atoms with Gasteiger partial charge in [-0.1, -0.05) is 58.0 Å². The van der Waals surface area contributed by atoms with Gasteiger partial charge in [0.2, 0.25) is 29.5 Å².